The third-order valence-corrected chi connectivity index (χ3v) is 5.17. The van der Waals surface area contributed by atoms with Crippen molar-refractivity contribution in [3.8, 4) is 5.75 Å². The number of alkyl carbamates (subject to hydrolysis) is 1. The van der Waals surface area contributed by atoms with Crippen LogP contribution in [0.3, 0.4) is 0 Å². The molecule has 0 spiro atoms. The van der Waals surface area contributed by atoms with E-state index in [4.69, 9.17) is 25.6 Å². The molecule has 3 saturated carbocycles. The Kier molecular flexibility index (Phi) is 4.10. The van der Waals surface area contributed by atoms with Crippen LogP contribution in [0.4, 0.5) is 4.79 Å². The van der Waals surface area contributed by atoms with Crippen molar-refractivity contribution in [2.24, 2.45) is 0 Å². The lowest BCUT2D eigenvalue weighted by Crippen LogP contribution is -2.77. The number of nitrogens with one attached hydrogen (secondary N) is 1. The molecule has 0 unspecified atom stereocenters. The molecule has 5 rings (SSSR count). The second-order valence-electron chi connectivity index (χ2n) is 8.47. The summed E-state index contributed by atoms with van der Waals surface area (Å²) in [7, 11) is 0. The first-order valence-corrected chi connectivity index (χ1v) is 9.28. The molecule has 2 aromatic rings. The van der Waals surface area contributed by atoms with Gasteiger partial charge < -0.3 is 19.3 Å². The summed E-state index contributed by atoms with van der Waals surface area (Å²) in [6.45, 7) is 5.75. The van der Waals surface area contributed by atoms with Gasteiger partial charge in [0, 0.05) is 16.0 Å². The summed E-state index contributed by atoms with van der Waals surface area (Å²) in [6.07, 6.45) is 2.03. The molecule has 0 radical (unpaired) electrons. The Labute approximate surface area is 162 Å². The Morgan fingerprint density at radius 3 is 2.56 bits per heavy atom. The van der Waals surface area contributed by atoms with E-state index in [9.17, 15) is 4.79 Å². The maximum atomic E-state index is 12.0. The topological polar surface area (TPSA) is 86.5 Å². The maximum absolute atomic E-state index is 12.0. The zero-order valence-corrected chi connectivity index (χ0v) is 16.3. The van der Waals surface area contributed by atoms with Gasteiger partial charge in [0.1, 0.15) is 11.4 Å². The minimum absolute atomic E-state index is 0.100. The summed E-state index contributed by atoms with van der Waals surface area (Å²) >= 11 is 5.85. The molecule has 3 aliphatic carbocycles. The fourth-order valence-corrected chi connectivity index (χ4v) is 4.01. The van der Waals surface area contributed by atoms with E-state index < -0.39 is 5.60 Å². The monoisotopic (exact) mass is 391 g/mol. The van der Waals surface area contributed by atoms with Gasteiger partial charge in [-0.1, -0.05) is 16.8 Å². The van der Waals surface area contributed by atoms with E-state index in [1.165, 1.54) is 0 Å². The number of hydrogen-bond acceptors (Lipinski definition) is 6. The Balaban J connectivity index is 1.30. The maximum Gasteiger partial charge on any atom is 0.408 e. The third kappa shape index (κ3) is 3.60. The van der Waals surface area contributed by atoms with Gasteiger partial charge in [0.25, 0.3) is 5.89 Å². The number of rotatable bonds is 5. The first-order chi connectivity index (χ1) is 12.7. The molecule has 7 nitrogen and oxygen atoms in total. The van der Waals surface area contributed by atoms with Gasteiger partial charge in [0.05, 0.1) is 0 Å². The molecule has 144 valence electrons. The number of benzene rings is 1. The summed E-state index contributed by atoms with van der Waals surface area (Å²) in [5.41, 5.74) is -0.794. The summed E-state index contributed by atoms with van der Waals surface area (Å²) in [6, 6.07) is 7.09. The number of ether oxygens (including phenoxy) is 2. The summed E-state index contributed by atoms with van der Waals surface area (Å²) in [4.78, 5) is 16.4. The van der Waals surface area contributed by atoms with Crippen molar-refractivity contribution in [2.75, 3.05) is 0 Å². The van der Waals surface area contributed by atoms with Crippen molar-refractivity contribution in [3.05, 3.63) is 41.0 Å². The quantitative estimate of drug-likeness (QED) is 0.828. The Hall–Kier alpha value is -2.28. The van der Waals surface area contributed by atoms with Crippen molar-refractivity contribution in [2.45, 2.75) is 63.2 Å². The second-order valence-corrected chi connectivity index (χ2v) is 8.91. The number of halogens is 1. The van der Waals surface area contributed by atoms with E-state index in [-0.39, 0.29) is 23.7 Å². The van der Waals surface area contributed by atoms with Crippen LogP contribution in [0.2, 0.25) is 5.02 Å². The van der Waals surface area contributed by atoms with E-state index in [2.05, 4.69) is 15.5 Å². The van der Waals surface area contributed by atoms with Crippen LogP contribution >= 0.6 is 11.6 Å². The van der Waals surface area contributed by atoms with Crippen molar-refractivity contribution in [3.63, 3.8) is 0 Å². The molecule has 27 heavy (non-hydrogen) atoms. The number of amides is 1. The first-order valence-electron chi connectivity index (χ1n) is 8.90. The minimum atomic E-state index is -0.502. The number of aromatic nitrogens is 2. The van der Waals surface area contributed by atoms with Crippen LogP contribution in [0.25, 0.3) is 0 Å². The lowest BCUT2D eigenvalue weighted by Gasteiger charge is -2.68. The number of carbonyl (C=O) groups excluding carboxylic acids is 1. The predicted octanol–water partition coefficient (Wildman–Crippen LogP) is 4.00. The number of hydrogen-bond donors (Lipinski definition) is 1. The average Bonchev–Trinajstić information content (AvgIpc) is 2.96. The van der Waals surface area contributed by atoms with Crippen molar-refractivity contribution in [1.82, 2.24) is 15.5 Å². The summed E-state index contributed by atoms with van der Waals surface area (Å²) in [5.74, 6) is 1.80. The number of carbonyl (C=O) groups is 1. The largest absolute Gasteiger partial charge is 0.484 e. The average molecular weight is 392 g/mol. The standard InChI is InChI=1S/C19H22ClN3O4/c1-17(2,3)26-16(24)22-19-9-18(10-19,11-19)15-21-14(27-23-15)8-25-13-6-4-12(20)5-7-13/h4-7H,8-11H2,1-3H3,(H,22,24). The van der Waals surface area contributed by atoms with E-state index in [1.54, 1.807) is 24.3 Å². The molecule has 1 amide bonds. The predicted molar refractivity (Wildman–Crippen MR) is 97.7 cm³/mol. The smallest absolute Gasteiger partial charge is 0.408 e. The molecular formula is C19H22ClN3O4. The van der Waals surface area contributed by atoms with Crippen molar-refractivity contribution < 1.29 is 18.8 Å². The zero-order valence-electron chi connectivity index (χ0n) is 15.5. The zero-order chi connectivity index (χ0) is 19.3. The van der Waals surface area contributed by atoms with E-state index in [1.807, 2.05) is 20.8 Å². The fraction of sp³-hybridized carbons (Fsp3) is 0.526. The van der Waals surface area contributed by atoms with Crippen LogP contribution < -0.4 is 10.1 Å². The van der Waals surface area contributed by atoms with Gasteiger partial charge in [-0.3, -0.25) is 0 Å². The lowest BCUT2D eigenvalue weighted by atomic mass is 9.39. The molecule has 1 heterocycles. The van der Waals surface area contributed by atoms with Gasteiger partial charge in [0.2, 0.25) is 0 Å². The number of nitrogens with zero attached hydrogens (tertiary/aromatic N) is 2. The Bertz CT molecular complexity index is 837. The van der Waals surface area contributed by atoms with E-state index in [0.29, 0.717) is 22.5 Å². The van der Waals surface area contributed by atoms with Crippen molar-refractivity contribution in [1.29, 1.82) is 0 Å². The van der Waals surface area contributed by atoms with Gasteiger partial charge in [-0.05, 0) is 64.3 Å². The lowest BCUT2D eigenvalue weighted by molar-refractivity contribution is -0.0943. The molecule has 0 saturated heterocycles. The van der Waals surface area contributed by atoms with Crippen LogP contribution in [-0.2, 0) is 16.8 Å². The molecule has 0 atom stereocenters. The first kappa shape index (κ1) is 18.1. The molecule has 8 heteroatoms. The second kappa shape index (κ2) is 6.12. The van der Waals surface area contributed by atoms with Gasteiger partial charge >= 0.3 is 6.09 Å². The Morgan fingerprint density at radius 2 is 1.93 bits per heavy atom. The fourth-order valence-electron chi connectivity index (χ4n) is 3.88. The van der Waals surface area contributed by atoms with E-state index in [0.717, 1.165) is 19.3 Å². The van der Waals surface area contributed by atoms with Gasteiger partial charge in [0.15, 0.2) is 12.4 Å². The SMILES string of the molecule is CC(C)(C)OC(=O)NC12CC(c3noc(COc4ccc(Cl)cc4)n3)(C1)C2. The van der Waals surface area contributed by atoms with Crippen LogP contribution in [0, 0.1) is 0 Å². The summed E-state index contributed by atoms with van der Waals surface area (Å²) in [5, 5.41) is 7.75. The highest BCUT2D eigenvalue weighted by molar-refractivity contribution is 6.30. The van der Waals surface area contributed by atoms with Gasteiger partial charge in [-0.25, -0.2) is 4.79 Å². The molecule has 1 N–H and O–H groups in total. The normalized spacial score (nSPS) is 25.9. The molecular weight excluding hydrogens is 370 g/mol. The van der Waals surface area contributed by atoms with Crippen LogP contribution in [0.15, 0.2) is 28.8 Å². The van der Waals surface area contributed by atoms with Gasteiger partial charge in [-0.15, -0.1) is 0 Å². The molecule has 1 aromatic heterocycles. The summed E-state index contributed by atoms with van der Waals surface area (Å²) < 4.78 is 16.3. The van der Waals surface area contributed by atoms with Crippen molar-refractivity contribution >= 4 is 17.7 Å². The highest BCUT2D eigenvalue weighted by Crippen LogP contribution is 2.67. The highest BCUT2D eigenvalue weighted by Gasteiger charge is 2.71. The molecule has 2 bridgehead atoms. The van der Waals surface area contributed by atoms with Gasteiger partial charge in [-0.2, -0.15) is 4.98 Å². The Morgan fingerprint density at radius 1 is 1.26 bits per heavy atom. The van der Waals surface area contributed by atoms with Crippen LogP contribution in [-0.4, -0.2) is 27.4 Å². The molecule has 1 aromatic carbocycles. The molecule has 3 fully saturated rings. The third-order valence-electron chi connectivity index (χ3n) is 4.91. The molecule has 3 aliphatic rings. The van der Waals surface area contributed by atoms with E-state index >= 15 is 0 Å². The minimum Gasteiger partial charge on any atom is -0.484 e. The highest BCUT2D eigenvalue weighted by atomic mass is 35.5. The van der Waals surface area contributed by atoms with Crippen LogP contribution in [0.1, 0.15) is 51.7 Å². The molecule has 0 aliphatic heterocycles. The van der Waals surface area contributed by atoms with Crippen LogP contribution in [0.5, 0.6) is 5.75 Å².